The Hall–Kier alpha value is -4.63. The Balaban J connectivity index is 0.000000937. The van der Waals surface area contributed by atoms with Gasteiger partial charge in [-0.2, -0.15) is 14.7 Å². The number of rotatable bonds is 4. The number of aromatic amines is 2. The molecule has 0 unspecified atom stereocenters. The molecule has 1 aliphatic heterocycles. The predicted octanol–water partition coefficient (Wildman–Crippen LogP) is 3.55. The summed E-state index contributed by atoms with van der Waals surface area (Å²) in [5, 5.41) is 7.33. The molecule has 0 saturated heterocycles. The molecule has 0 bridgehead atoms. The lowest BCUT2D eigenvalue weighted by Crippen LogP contribution is -2.39. The molecule has 1 aliphatic carbocycles. The van der Waals surface area contributed by atoms with E-state index in [1.807, 2.05) is 30.3 Å². The van der Waals surface area contributed by atoms with Gasteiger partial charge in [0, 0.05) is 42.2 Å². The number of benzene rings is 2. The third kappa shape index (κ3) is 4.16. The fraction of sp³-hybridized carbons (Fsp3) is 0.259. The molecule has 0 spiro atoms. The van der Waals surface area contributed by atoms with Crippen molar-refractivity contribution in [2.75, 3.05) is 13.6 Å². The van der Waals surface area contributed by atoms with Crippen molar-refractivity contribution < 1.29 is 28.0 Å². The third-order valence-electron chi connectivity index (χ3n) is 7.33. The summed E-state index contributed by atoms with van der Waals surface area (Å²) >= 11 is 0. The minimum atomic E-state index is -0.989. The zero-order valence-electron chi connectivity index (χ0n) is 20.4. The molecule has 2 aliphatic rings. The van der Waals surface area contributed by atoms with Crippen LogP contribution < -0.4 is 0 Å². The van der Waals surface area contributed by atoms with Crippen LogP contribution in [-0.4, -0.2) is 56.5 Å². The van der Waals surface area contributed by atoms with Crippen LogP contribution in [0.15, 0.2) is 48.5 Å². The second kappa shape index (κ2) is 9.68. The van der Waals surface area contributed by atoms with Crippen LogP contribution in [0.1, 0.15) is 50.6 Å². The summed E-state index contributed by atoms with van der Waals surface area (Å²) in [5.74, 6) is -2.49. The summed E-state index contributed by atoms with van der Waals surface area (Å²) in [6.07, 6.45) is 2.53. The number of hydrogen-bond donors (Lipinski definition) is 2. The van der Waals surface area contributed by atoms with Crippen molar-refractivity contribution in [3.63, 3.8) is 0 Å². The second-order valence-corrected chi connectivity index (χ2v) is 9.36. The van der Waals surface area contributed by atoms with E-state index in [1.54, 1.807) is 16.8 Å². The van der Waals surface area contributed by atoms with Gasteiger partial charge < -0.3 is 14.8 Å². The van der Waals surface area contributed by atoms with Gasteiger partial charge in [0.05, 0.1) is 12.1 Å². The molecule has 6 rings (SSSR count). The van der Waals surface area contributed by atoms with Crippen molar-refractivity contribution in [2.45, 2.75) is 31.3 Å². The number of carbonyl (C=O) groups excluding carboxylic acids is 4. The van der Waals surface area contributed by atoms with Crippen molar-refractivity contribution in [1.29, 1.82) is 0 Å². The van der Waals surface area contributed by atoms with E-state index >= 15 is 0 Å². The number of aromatic nitrogens is 3. The fourth-order valence-corrected chi connectivity index (χ4v) is 5.11. The zero-order chi connectivity index (χ0) is 27.0. The highest BCUT2D eigenvalue weighted by Gasteiger charge is 2.50. The summed E-state index contributed by atoms with van der Waals surface area (Å²) in [6, 6.07) is 13.7. The minimum absolute atomic E-state index is 0.0301. The molecular weight excluding hydrogens is 496 g/mol. The highest BCUT2D eigenvalue weighted by Crippen LogP contribution is 2.50. The number of hydrogen-bond acceptors (Lipinski definition) is 5. The first-order valence-corrected chi connectivity index (χ1v) is 12.0. The number of amides is 2. The lowest BCUT2D eigenvalue weighted by atomic mass is 10.0. The van der Waals surface area contributed by atoms with Crippen molar-refractivity contribution in [2.24, 2.45) is 0 Å². The van der Waals surface area contributed by atoms with Crippen LogP contribution in [0, 0.1) is 11.6 Å². The van der Waals surface area contributed by atoms with E-state index in [4.69, 9.17) is 9.59 Å². The molecule has 1 fully saturated rings. The lowest BCUT2D eigenvalue weighted by molar-refractivity contribution is -0.191. The van der Waals surface area contributed by atoms with Gasteiger partial charge in [0.15, 0.2) is 17.3 Å². The topological polar surface area (TPSA) is 119 Å². The largest absolute Gasteiger partial charge is 0.373 e. The lowest BCUT2D eigenvalue weighted by Gasteiger charge is -2.30. The first-order valence-electron chi connectivity index (χ1n) is 12.0. The van der Waals surface area contributed by atoms with Crippen LogP contribution in [0.25, 0.3) is 10.9 Å². The Labute approximate surface area is 215 Å². The van der Waals surface area contributed by atoms with E-state index < -0.39 is 11.6 Å². The average Bonchev–Trinajstić information content (AvgIpc) is 3.45. The maximum atomic E-state index is 14.1. The highest BCUT2D eigenvalue weighted by molar-refractivity contribution is 5.99. The van der Waals surface area contributed by atoms with Gasteiger partial charge >= 0.3 is 6.15 Å². The SMILES string of the molecule is CN(C(=O)c1n[nH]c2c1CN(C(=O)c1cc3c(F)c(F)ccc3[nH]1)CC2)C1(c2ccccc2)CC1.O=C=O. The Morgan fingerprint density at radius 3 is 2.50 bits per heavy atom. The van der Waals surface area contributed by atoms with Crippen molar-refractivity contribution in [1.82, 2.24) is 25.0 Å². The van der Waals surface area contributed by atoms with Gasteiger partial charge in [-0.15, -0.1) is 0 Å². The molecule has 0 radical (unpaired) electrons. The van der Waals surface area contributed by atoms with E-state index in [1.165, 1.54) is 12.1 Å². The number of halogens is 2. The highest BCUT2D eigenvalue weighted by atomic mass is 19.2. The van der Waals surface area contributed by atoms with Crippen LogP contribution in [0.2, 0.25) is 0 Å². The van der Waals surface area contributed by atoms with Crippen molar-refractivity contribution in [3.8, 4) is 0 Å². The second-order valence-electron chi connectivity index (χ2n) is 9.36. The molecule has 0 atom stereocenters. The maximum absolute atomic E-state index is 14.1. The number of fused-ring (bicyclic) bond motifs is 2. The van der Waals surface area contributed by atoms with E-state index in [9.17, 15) is 18.4 Å². The summed E-state index contributed by atoms with van der Waals surface area (Å²) in [5.41, 5.74) is 3.12. The van der Waals surface area contributed by atoms with E-state index in [2.05, 4.69) is 15.2 Å². The Morgan fingerprint density at radius 2 is 1.82 bits per heavy atom. The van der Waals surface area contributed by atoms with Crippen LogP contribution in [0.3, 0.4) is 0 Å². The van der Waals surface area contributed by atoms with Crippen LogP contribution >= 0.6 is 0 Å². The number of nitrogens with zero attached hydrogens (tertiary/aromatic N) is 3. The van der Waals surface area contributed by atoms with Gasteiger partial charge in [-0.1, -0.05) is 30.3 Å². The molecule has 38 heavy (non-hydrogen) atoms. The van der Waals surface area contributed by atoms with Crippen LogP contribution in [0.5, 0.6) is 0 Å². The average molecular weight is 520 g/mol. The smallest absolute Gasteiger partial charge is 0.350 e. The van der Waals surface area contributed by atoms with E-state index in [0.29, 0.717) is 29.7 Å². The summed E-state index contributed by atoms with van der Waals surface area (Å²) in [6.45, 7) is 0.613. The summed E-state index contributed by atoms with van der Waals surface area (Å²) in [4.78, 5) is 49.2. The quantitative estimate of drug-likeness (QED) is 0.428. The monoisotopic (exact) mass is 519 g/mol. The maximum Gasteiger partial charge on any atom is 0.373 e. The van der Waals surface area contributed by atoms with Gasteiger partial charge in [0.1, 0.15) is 5.69 Å². The van der Waals surface area contributed by atoms with Crippen LogP contribution in [0.4, 0.5) is 8.78 Å². The third-order valence-corrected chi connectivity index (χ3v) is 7.33. The molecule has 2 N–H and O–H groups in total. The minimum Gasteiger partial charge on any atom is -0.350 e. The fourth-order valence-electron chi connectivity index (χ4n) is 5.11. The molecule has 194 valence electrons. The normalized spacial score (nSPS) is 15.2. The molecule has 2 aromatic heterocycles. The number of H-pyrrole nitrogens is 2. The van der Waals surface area contributed by atoms with Crippen LogP contribution in [-0.2, 0) is 28.1 Å². The zero-order valence-corrected chi connectivity index (χ0v) is 20.4. The van der Waals surface area contributed by atoms with Gasteiger partial charge in [-0.05, 0) is 36.6 Å². The molecule has 11 heteroatoms. The summed E-state index contributed by atoms with van der Waals surface area (Å²) in [7, 11) is 1.80. The first-order chi connectivity index (χ1) is 18.3. The molecule has 3 heterocycles. The van der Waals surface area contributed by atoms with Gasteiger partial charge in [0.25, 0.3) is 11.8 Å². The molecule has 4 aromatic rings. The number of nitrogens with one attached hydrogen (secondary N) is 2. The van der Waals surface area contributed by atoms with E-state index in [0.717, 1.165) is 30.2 Å². The van der Waals surface area contributed by atoms with Gasteiger partial charge in [-0.25, -0.2) is 8.78 Å². The standard InChI is InChI=1S/C26H23F2N5O2.CO2/c1-32(26(10-11-26)15-5-3-2-4-6-15)25(35)23-17-14-33(12-9-20(17)30-31-23)24(34)21-13-16-19(29-21)8-7-18(27)22(16)28;2-1-3/h2-8,13,29H,9-12,14H2,1H3,(H,30,31);. The predicted molar refractivity (Wildman–Crippen MR) is 130 cm³/mol. The first kappa shape index (κ1) is 25.0. The van der Waals surface area contributed by atoms with Crippen molar-refractivity contribution >= 4 is 28.9 Å². The molecule has 1 saturated carbocycles. The Morgan fingerprint density at radius 1 is 1.11 bits per heavy atom. The van der Waals surface area contributed by atoms with Gasteiger partial charge in [0.2, 0.25) is 0 Å². The molecular formula is C27H23F2N5O4. The Kier molecular flexibility index (Phi) is 6.38. The Bertz CT molecular complexity index is 1570. The molecule has 2 aromatic carbocycles. The number of carbonyl (C=O) groups is 2. The molecule has 2 amide bonds. The summed E-state index contributed by atoms with van der Waals surface area (Å²) < 4.78 is 27.7. The molecule has 9 nitrogen and oxygen atoms in total. The van der Waals surface area contributed by atoms with Crippen molar-refractivity contribution in [3.05, 3.63) is 88.4 Å². The van der Waals surface area contributed by atoms with E-state index in [-0.39, 0.29) is 41.1 Å². The van der Waals surface area contributed by atoms with Gasteiger partial charge in [-0.3, -0.25) is 14.7 Å².